The van der Waals surface area contributed by atoms with Gasteiger partial charge in [0.05, 0.1) is 60.6 Å². The maximum absolute atomic E-state index is 13.9. The molecule has 0 amide bonds. The molecule has 0 saturated carbocycles. The monoisotopic (exact) mass is 2130 g/mol. The molecule has 16 aromatic rings. The molecule has 0 fully saturated rings. The van der Waals surface area contributed by atoms with Gasteiger partial charge in [-0.3, -0.25) is 39.9 Å². The molecule has 8 unspecified atom stereocenters. The highest BCUT2D eigenvalue weighted by molar-refractivity contribution is 7.14. The number of nitrogens with zero attached hydrogens (tertiary/aromatic N) is 8. The molecule has 0 spiro atoms. The first-order chi connectivity index (χ1) is 70.4. The lowest BCUT2D eigenvalue weighted by molar-refractivity contribution is 0.623. The van der Waals surface area contributed by atoms with Gasteiger partial charge in [0, 0.05) is 162 Å². The first kappa shape index (κ1) is 105. The lowest BCUT2D eigenvalue weighted by atomic mass is 9.96. The minimum Gasteiger partial charge on any atom is -0.346 e. The molecule has 16 heterocycles. The third-order valence-corrected chi connectivity index (χ3v) is 33.9. The molecule has 8 aliphatic heterocycles. The van der Waals surface area contributed by atoms with Crippen molar-refractivity contribution in [3.63, 3.8) is 0 Å². The zero-order valence-corrected chi connectivity index (χ0v) is 92.3. The second-order valence-electron chi connectivity index (χ2n) is 37.0. The Morgan fingerprint density at radius 1 is 0.218 bits per heavy atom. The highest BCUT2D eigenvalue weighted by Crippen LogP contribution is 2.49. The van der Waals surface area contributed by atoms with Gasteiger partial charge in [-0.1, -0.05) is 60.1 Å². The first-order valence-corrected chi connectivity index (χ1v) is 54.9. The molecule has 16 nitrogen and oxygen atoms in total. The number of fused-ring (bicyclic) bond motifs is 8. The SMILES string of the molecule is CC1=NC(c2cc(C)sc2C)c2cc(F)ccc2N1.CC1=NC(c2cc(C)sc2C)c2ccc(F)cc2N1.CC1=NC(c2cc(C)sc2C)c2cccc(F)c2N1.Cc1cc(C2N=CNc3c(F)cccc32)c(C)s1.Cc1cc(C2N=CNc3cc(F)ccc32)c(C)s1.Cc1cc(C2N=CNc3ccc(Cl)cc32)c(C)s1.Cc1cc(C2N=CNc3ccc(F)cc32)c(C)s1.Cc1ccc2c(c1)NC=NC2c1cc(C)sc1C. The van der Waals surface area contributed by atoms with Crippen LogP contribution in [0.15, 0.2) is 234 Å². The zero-order valence-electron chi connectivity index (χ0n) is 85.0. The third-order valence-electron chi connectivity index (χ3n) is 25.8. The Hall–Kier alpha value is -13.0. The number of para-hydroxylation sites is 2. The number of thiophene rings is 8. The summed E-state index contributed by atoms with van der Waals surface area (Å²) in [6, 6.07) is 59.2. The lowest BCUT2D eigenvalue weighted by Crippen LogP contribution is -2.19. The van der Waals surface area contributed by atoms with E-state index in [4.69, 9.17) is 11.6 Å². The van der Waals surface area contributed by atoms with Crippen molar-refractivity contribution >= 4 is 197 Å². The van der Waals surface area contributed by atoms with E-state index in [1.54, 1.807) is 130 Å². The van der Waals surface area contributed by atoms with Crippen LogP contribution >= 0.6 is 102 Å². The minimum absolute atomic E-state index is 0.0215. The van der Waals surface area contributed by atoms with Crippen LogP contribution in [0.5, 0.6) is 0 Å². The van der Waals surface area contributed by atoms with E-state index in [0.717, 1.165) is 89.9 Å². The summed E-state index contributed by atoms with van der Waals surface area (Å²) in [5.41, 5.74) is 26.0. The van der Waals surface area contributed by atoms with Crippen molar-refractivity contribution in [2.24, 2.45) is 39.9 Å². The van der Waals surface area contributed by atoms with E-state index >= 15 is 0 Å². The second kappa shape index (κ2) is 45.8. The van der Waals surface area contributed by atoms with Gasteiger partial charge in [0.15, 0.2) is 0 Å². The Morgan fingerprint density at radius 3 is 0.891 bits per heavy atom. The van der Waals surface area contributed by atoms with Crippen molar-refractivity contribution in [1.82, 2.24) is 0 Å². The maximum atomic E-state index is 13.9. The average molecular weight is 2140 g/mol. The fourth-order valence-electron chi connectivity index (χ4n) is 19.4. The van der Waals surface area contributed by atoms with Gasteiger partial charge in [-0.25, -0.2) is 26.3 Å². The Morgan fingerprint density at radius 2 is 0.490 bits per heavy atom. The molecule has 0 aliphatic carbocycles. The summed E-state index contributed by atoms with van der Waals surface area (Å²) in [5, 5.41) is 25.5. The van der Waals surface area contributed by atoms with E-state index in [1.165, 1.54) is 188 Å². The van der Waals surface area contributed by atoms with Gasteiger partial charge in [0.1, 0.15) is 83.2 Å². The largest absolute Gasteiger partial charge is 0.346 e. The number of nitrogens with one attached hydrogen (secondary N) is 8. The molecule has 31 heteroatoms. The molecular weight excluding hydrogens is 2020 g/mol. The van der Waals surface area contributed by atoms with E-state index < -0.39 is 0 Å². The van der Waals surface area contributed by atoms with Gasteiger partial charge in [0.2, 0.25) is 0 Å². The fourth-order valence-corrected chi connectivity index (χ4v) is 27.2. The van der Waals surface area contributed by atoms with E-state index in [2.05, 4.69) is 267 Å². The number of benzene rings is 8. The summed E-state index contributed by atoms with van der Waals surface area (Å²) in [6.07, 6.45) is 8.52. The maximum Gasteiger partial charge on any atom is 0.147 e. The molecule has 8 aliphatic rings. The van der Waals surface area contributed by atoms with Crippen molar-refractivity contribution in [2.45, 2.75) is 187 Å². The van der Waals surface area contributed by atoms with Crippen LogP contribution < -0.4 is 42.5 Å². The third kappa shape index (κ3) is 24.2. The summed E-state index contributed by atoms with van der Waals surface area (Å²) < 4.78 is 81.2. The predicted octanol–water partition coefficient (Wildman–Crippen LogP) is 34.2. The normalized spacial score (nSPS) is 17.5. The summed E-state index contributed by atoms with van der Waals surface area (Å²) >= 11 is 20.3. The van der Waals surface area contributed by atoms with Gasteiger partial charge < -0.3 is 42.5 Å². The van der Waals surface area contributed by atoms with E-state index in [1.807, 2.05) is 92.2 Å². The van der Waals surface area contributed by atoms with E-state index in [-0.39, 0.29) is 83.2 Å². The van der Waals surface area contributed by atoms with Crippen molar-refractivity contribution in [3.8, 4) is 0 Å². The van der Waals surface area contributed by atoms with Crippen molar-refractivity contribution in [3.05, 3.63) is 407 Å². The summed E-state index contributed by atoms with van der Waals surface area (Å²) in [6.45, 7) is 41.6. The molecule has 147 heavy (non-hydrogen) atoms. The number of amidine groups is 3. The van der Waals surface area contributed by atoms with E-state index in [9.17, 15) is 26.3 Å². The van der Waals surface area contributed by atoms with Gasteiger partial charge in [-0.2, -0.15) is 0 Å². The van der Waals surface area contributed by atoms with Crippen LogP contribution in [0.1, 0.15) is 242 Å². The molecule has 8 N–H and O–H groups in total. The summed E-state index contributed by atoms with van der Waals surface area (Å²) in [4.78, 5) is 57.1. The molecule has 0 radical (unpaired) electrons. The average Bonchev–Trinajstić information content (AvgIpc) is 1.65. The van der Waals surface area contributed by atoms with Crippen molar-refractivity contribution < 1.29 is 26.3 Å². The van der Waals surface area contributed by atoms with Crippen LogP contribution in [0.2, 0.25) is 5.02 Å². The Labute approximate surface area is 891 Å². The summed E-state index contributed by atoms with van der Waals surface area (Å²) in [7, 11) is 0. The fraction of sp³-hybridized carbons (Fsp3) is 0.241. The molecular formula is C116H113ClF6N16S8. The van der Waals surface area contributed by atoms with Gasteiger partial charge in [0.25, 0.3) is 0 Å². The smallest absolute Gasteiger partial charge is 0.147 e. The number of aryl methyl sites for hydroxylation is 17. The van der Waals surface area contributed by atoms with E-state index in [0.29, 0.717) is 11.4 Å². The highest BCUT2D eigenvalue weighted by Gasteiger charge is 2.33. The molecule has 8 atom stereocenters. The lowest BCUT2D eigenvalue weighted by Gasteiger charge is -2.24. The number of aliphatic imine (C=N–C) groups is 8. The Balaban J connectivity index is 0.000000115. The van der Waals surface area contributed by atoms with Crippen LogP contribution in [0, 0.1) is 153 Å². The summed E-state index contributed by atoms with van der Waals surface area (Å²) in [5.74, 6) is 1.11. The predicted molar refractivity (Wildman–Crippen MR) is 617 cm³/mol. The quantitative estimate of drug-likeness (QED) is 0.0688. The van der Waals surface area contributed by atoms with Crippen LogP contribution in [0.3, 0.4) is 0 Å². The molecule has 8 aromatic heterocycles. The molecule has 0 bridgehead atoms. The second-order valence-corrected chi connectivity index (χ2v) is 49.1. The van der Waals surface area contributed by atoms with Crippen molar-refractivity contribution in [1.29, 1.82) is 0 Å². The number of anilines is 8. The van der Waals surface area contributed by atoms with Crippen LogP contribution in [0.25, 0.3) is 0 Å². The van der Waals surface area contributed by atoms with Gasteiger partial charge in [-0.15, -0.1) is 90.7 Å². The molecule has 0 saturated heterocycles. The standard InChI is InChI=1S/3C15H15FN2S.C15H16N2S.C14H13ClN2S.3C14H13FN2S/c1-8-6-12(9(2)19-8)15-13-7-11(16)4-5-14(13)17-10(3)18-15;1-8-6-13(9(2)19-8)15-12-5-4-11(16)7-14(12)17-10(3)18-15;1-8-7-12(9(2)19-8)14-11-5-4-6-13(16)15(11)18-10(3)17-14;1-9-4-5-12-14(6-9)16-8-17-15(12)13-7-10(2)18-11(13)3;2*1-8-5-11(9(2)18-8)14-12-6-10(15)3-4-13(12)16-7-17-14;1-8-5-12(9(2)18-8)14-11-4-3-10(15)6-13(11)16-7-17-14;1-8-6-11(9(2)18-8)13-10-4-3-5-12(15)14(10)17-7-16-13/h2*4-7,15H,1-3H3,(H,17,18);4-7,14H,1-3H3,(H,17,18);4-8,15H,1-3H3,(H,16,17);3*3-7,14H,1-2H3,(H,16,17);3-7,13H,1-2H3,(H,16,17). The molecule has 24 rings (SSSR count). The topological polar surface area (TPSA) is 195 Å². The number of rotatable bonds is 8. The van der Waals surface area contributed by atoms with Gasteiger partial charge in [-0.05, 0) is 334 Å². The van der Waals surface area contributed by atoms with Crippen molar-refractivity contribution in [2.75, 3.05) is 42.5 Å². The molecule has 754 valence electrons. The van der Waals surface area contributed by atoms with Crippen LogP contribution in [0.4, 0.5) is 71.8 Å². The van der Waals surface area contributed by atoms with Gasteiger partial charge >= 0.3 is 0 Å². The Bertz CT molecular complexity index is 7570. The van der Waals surface area contributed by atoms with Crippen LogP contribution in [-0.2, 0) is 0 Å². The number of halogens is 7. The minimum atomic E-state index is -0.228. The number of hydrogen-bond acceptors (Lipinski definition) is 24. The highest BCUT2D eigenvalue weighted by atomic mass is 35.5. The Kier molecular flexibility index (Phi) is 32.8. The zero-order chi connectivity index (χ0) is 104. The van der Waals surface area contributed by atoms with Crippen LogP contribution in [-0.4, -0.2) is 49.2 Å². The molecule has 8 aromatic carbocycles. The number of hydrogen-bond donors (Lipinski definition) is 8. The first-order valence-electron chi connectivity index (χ1n) is 48.0.